The van der Waals surface area contributed by atoms with Crippen LogP contribution in [0.25, 0.3) is 0 Å². The summed E-state index contributed by atoms with van der Waals surface area (Å²) in [5.74, 6) is -2.13. The van der Waals surface area contributed by atoms with E-state index in [1.54, 1.807) is 0 Å². The highest BCUT2D eigenvalue weighted by Gasteiger charge is 2.30. The number of ether oxygens (including phenoxy) is 4. The van der Waals surface area contributed by atoms with Crippen molar-refractivity contribution in [3.05, 3.63) is 0 Å². The van der Waals surface area contributed by atoms with Gasteiger partial charge in [-0.25, -0.2) is 9.13 Å². The Morgan fingerprint density at radius 1 is 0.273 bits per heavy atom. The zero-order valence-corrected chi connectivity index (χ0v) is 58.5. The van der Waals surface area contributed by atoms with E-state index in [1.165, 1.54) is 186 Å². The Kier molecular flexibility index (Phi) is 62.4. The van der Waals surface area contributed by atoms with Gasteiger partial charge >= 0.3 is 39.5 Å². The first kappa shape index (κ1) is 86.1. The van der Waals surface area contributed by atoms with E-state index in [-0.39, 0.29) is 25.7 Å². The van der Waals surface area contributed by atoms with Crippen LogP contribution in [0, 0.1) is 0 Å². The summed E-state index contributed by atoms with van der Waals surface area (Å²) >= 11 is 0. The quantitative estimate of drug-likeness (QED) is 0.0222. The normalized spacial score (nSPS) is 14.0. The number of phosphoric ester groups is 2. The summed E-state index contributed by atoms with van der Waals surface area (Å²) in [5.41, 5.74) is 0. The van der Waals surface area contributed by atoms with Crippen molar-refractivity contribution in [1.29, 1.82) is 0 Å². The maximum Gasteiger partial charge on any atom is 0.472 e. The molecule has 5 atom stereocenters. The second-order valence-corrected chi connectivity index (χ2v) is 27.8. The molecule has 0 aromatic carbocycles. The number of rotatable bonds is 70. The number of carbonyl (C=O) groups is 4. The van der Waals surface area contributed by atoms with Gasteiger partial charge in [-0.2, -0.15) is 0 Å². The van der Waals surface area contributed by atoms with E-state index >= 15 is 0 Å². The number of phosphoric acid groups is 2. The maximum atomic E-state index is 13.0. The number of esters is 4. The van der Waals surface area contributed by atoms with Crippen molar-refractivity contribution in [2.24, 2.45) is 0 Å². The van der Waals surface area contributed by atoms with Crippen molar-refractivity contribution in [3.8, 4) is 0 Å². The Morgan fingerprint density at radius 3 is 0.670 bits per heavy atom. The first-order valence-corrected chi connectivity index (χ1v) is 39.3. The minimum Gasteiger partial charge on any atom is -0.462 e. The van der Waals surface area contributed by atoms with Gasteiger partial charge in [0.25, 0.3) is 0 Å². The fourth-order valence-electron chi connectivity index (χ4n) is 10.5. The van der Waals surface area contributed by atoms with Crippen molar-refractivity contribution >= 4 is 39.5 Å². The molecular formula is C69H134O17P2. The predicted molar refractivity (Wildman–Crippen MR) is 354 cm³/mol. The molecule has 0 aliphatic heterocycles. The first-order chi connectivity index (χ1) is 42.7. The Balaban J connectivity index is 5.16. The molecule has 0 aromatic rings. The molecule has 0 bridgehead atoms. The molecule has 0 aromatic heterocycles. The Bertz CT molecular complexity index is 1690. The lowest BCUT2D eigenvalue weighted by molar-refractivity contribution is -0.161. The smallest absolute Gasteiger partial charge is 0.462 e. The van der Waals surface area contributed by atoms with E-state index in [0.29, 0.717) is 25.7 Å². The van der Waals surface area contributed by atoms with Gasteiger partial charge in [-0.1, -0.05) is 310 Å². The van der Waals surface area contributed by atoms with Crippen molar-refractivity contribution in [2.45, 2.75) is 380 Å². The molecule has 17 nitrogen and oxygen atoms in total. The van der Waals surface area contributed by atoms with E-state index in [4.69, 9.17) is 37.0 Å². The molecule has 522 valence electrons. The zero-order chi connectivity index (χ0) is 64.7. The Morgan fingerprint density at radius 2 is 0.455 bits per heavy atom. The lowest BCUT2D eigenvalue weighted by Gasteiger charge is -2.21. The fraction of sp³-hybridized carbons (Fsp3) is 0.942. The molecule has 0 saturated carbocycles. The summed E-state index contributed by atoms with van der Waals surface area (Å²) in [7, 11) is -9.89. The van der Waals surface area contributed by atoms with E-state index in [2.05, 4.69) is 27.7 Å². The molecule has 2 unspecified atom stereocenters. The largest absolute Gasteiger partial charge is 0.472 e. The molecule has 88 heavy (non-hydrogen) atoms. The first-order valence-electron chi connectivity index (χ1n) is 36.3. The lowest BCUT2D eigenvalue weighted by atomic mass is 10.0. The summed E-state index contributed by atoms with van der Waals surface area (Å²) in [6.45, 7) is 4.86. The summed E-state index contributed by atoms with van der Waals surface area (Å²) < 4.78 is 68.1. The molecule has 0 fully saturated rings. The second kappa shape index (κ2) is 63.8. The Labute approximate surface area is 537 Å². The fourth-order valence-corrected chi connectivity index (χ4v) is 12.1. The third-order valence-electron chi connectivity index (χ3n) is 16.1. The molecule has 0 radical (unpaired) electrons. The van der Waals surface area contributed by atoms with E-state index in [0.717, 1.165) is 96.3 Å². The van der Waals surface area contributed by atoms with Gasteiger partial charge in [0.05, 0.1) is 26.4 Å². The molecular weight excluding hydrogens is 1160 g/mol. The third-order valence-corrected chi connectivity index (χ3v) is 18.0. The SMILES string of the molecule is CCCCCCCCCCCCCCCCCC(=O)OC[C@H](COP(=O)(O)OC[C@@H](O)COP(=O)(O)OC[C@@H](COC(=O)CCCCCCC)OC(=O)CCCCCCCCCCCCCCC)OC(=O)CCCCCCCCCCCCCCCCC. The maximum absolute atomic E-state index is 13.0. The number of unbranched alkanes of at least 4 members (excludes halogenated alkanes) is 44. The molecule has 0 rings (SSSR count). The monoisotopic (exact) mass is 1300 g/mol. The molecule has 0 saturated heterocycles. The molecule has 0 aliphatic carbocycles. The molecule has 19 heteroatoms. The van der Waals surface area contributed by atoms with Gasteiger partial charge in [0.1, 0.15) is 19.3 Å². The van der Waals surface area contributed by atoms with Gasteiger partial charge in [0.2, 0.25) is 0 Å². The number of hydrogen-bond donors (Lipinski definition) is 3. The summed E-state index contributed by atoms with van der Waals surface area (Å²) in [6, 6.07) is 0. The highest BCUT2D eigenvalue weighted by Crippen LogP contribution is 2.45. The number of carbonyl (C=O) groups excluding carboxylic acids is 4. The van der Waals surface area contributed by atoms with Gasteiger partial charge in [-0.05, 0) is 25.7 Å². The minimum atomic E-state index is -4.95. The number of aliphatic hydroxyl groups is 1. The van der Waals surface area contributed by atoms with Crippen LogP contribution in [0.1, 0.15) is 362 Å². The van der Waals surface area contributed by atoms with Crippen LogP contribution in [0.15, 0.2) is 0 Å². The Hall–Kier alpha value is -1.94. The van der Waals surface area contributed by atoms with Crippen molar-refractivity contribution in [1.82, 2.24) is 0 Å². The van der Waals surface area contributed by atoms with Gasteiger partial charge < -0.3 is 33.8 Å². The van der Waals surface area contributed by atoms with Crippen molar-refractivity contribution < 1.29 is 80.2 Å². The van der Waals surface area contributed by atoms with Crippen molar-refractivity contribution in [2.75, 3.05) is 39.6 Å². The molecule has 0 aliphatic rings. The van der Waals surface area contributed by atoms with Crippen LogP contribution in [-0.4, -0.2) is 96.7 Å². The predicted octanol–water partition coefficient (Wildman–Crippen LogP) is 19.9. The molecule has 3 N–H and O–H groups in total. The van der Waals surface area contributed by atoms with E-state index < -0.39 is 97.5 Å². The average molecular weight is 1300 g/mol. The topological polar surface area (TPSA) is 237 Å². The van der Waals surface area contributed by atoms with E-state index in [1.807, 2.05) is 0 Å². The summed E-state index contributed by atoms with van der Waals surface area (Å²) in [5, 5.41) is 10.6. The van der Waals surface area contributed by atoms with Crippen LogP contribution >= 0.6 is 15.6 Å². The highest BCUT2D eigenvalue weighted by molar-refractivity contribution is 7.47. The summed E-state index contributed by atoms with van der Waals surface area (Å²) in [4.78, 5) is 72.2. The third kappa shape index (κ3) is 62.8. The second-order valence-electron chi connectivity index (χ2n) is 24.9. The number of aliphatic hydroxyl groups excluding tert-OH is 1. The highest BCUT2D eigenvalue weighted by atomic mass is 31.2. The van der Waals surface area contributed by atoms with E-state index in [9.17, 15) is 43.2 Å². The van der Waals surface area contributed by atoms with Gasteiger partial charge in [0, 0.05) is 25.7 Å². The van der Waals surface area contributed by atoms with Crippen LogP contribution in [0.4, 0.5) is 0 Å². The van der Waals surface area contributed by atoms with Crippen molar-refractivity contribution in [3.63, 3.8) is 0 Å². The average Bonchev–Trinajstić information content (AvgIpc) is 3.58. The van der Waals surface area contributed by atoms with Crippen LogP contribution in [0.2, 0.25) is 0 Å². The lowest BCUT2D eigenvalue weighted by Crippen LogP contribution is -2.30. The molecule has 0 spiro atoms. The van der Waals surface area contributed by atoms with Gasteiger partial charge in [-0.3, -0.25) is 37.3 Å². The van der Waals surface area contributed by atoms with Gasteiger partial charge in [-0.15, -0.1) is 0 Å². The van der Waals surface area contributed by atoms with Crippen LogP contribution < -0.4 is 0 Å². The van der Waals surface area contributed by atoms with Gasteiger partial charge in [0.15, 0.2) is 12.2 Å². The standard InChI is InChI=1S/C69H134O17P2/c1-5-9-13-17-20-23-26-29-31-34-36-39-42-46-50-54-67(72)80-60-65(86-69(74)56-52-48-44-41-38-35-32-30-27-24-21-18-14-10-6-2)62-84-88(77,78)82-58-63(70)57-81-87(75,76)83-61-64(59-79-66(71)53-49-45-16-12-8-4)85-68(73)55-51-47-43-40-37-33-28-25-22-19-15-11-7-3/h63-65,70H,5-62H2,1-4H3,(H,75,76)(H,77,78)/t63-,64+,65+/m0/s1. The summed E-state index contributed by atoms with van der Waals surface area (Å²) in [6.07, 6.45) is 51.6. The minimum absolute atomic E-state index is 0.107. The molecule has 0 heterocycles. The number of hydrogen-bond acceptors (Lipinski definition) is 15. The van der Waals surface area contributed by atoms with Crippen LogP contribution in [0.3, 0.4) is 0 Å². The van der Waals surface area contributed by atoms with Crippen LogP contribution in [-0.2, 0) is 65.4 Å². The molecule has 0 amide bonds. The van der Waals surface area contributed by atoms with Crippen LogP contribution in [0.5, 0.6) is 0 Å². The zero-order valence-electron chi connectivity index (χ0n) is 56.7.